The van der Waals surface area contributed by atoms with E-state index >= 15 is 0 Å². The zero-order chi connectivity index (χ0) is 24.8. The van der Waals surface area contributed by atoms with Gasteiger partial charge in [-0.2, -0.15) is 5.10 Å². The highest BCUT2D eigenvalue weighted by Gasteiger charge is 2.34. The summed E-state index contributed by atoms with van der Waals surface area (Å²) in [6.45, 7) is 4.04. The number of carbonyl (C=O) groups excluding carboxylic acids is 1. The molecule has 3 unspecified atom stereocenters. The second kappa shape index (κ2) is 9.59. The summed E-state index contributed by atoms with van der Waals surface area (Å²) >= 11 is 1.76. The van der Waals surface area contributed by atoms with Crippen molar-refractivity contribution in [3.63, 3.8) is 0 Å². The lowest BCUT2D eigenvalue weighted by Crippen LogP contribution is -2.39. The van der Waals surface area contributed by atoms with Crippen LogP contribution in [0.5, 0.6) is 0 Å². The fraction of sp³-hybridized carbons (Fsp3) is 0.556. The third kappa shape index (κ3) is 4.12. The number of aromatic nitrogens is 3. The van der Waals surface area contributed by atoms with Crippen molar-refractivity contribution in [2.75, 3.05) is 31.6 Å². The molecule has 2 fully saturated rings. The van der Waals surface area contributed by atoms with Gasteiger partial charge in [-0.3, -0.25) is 4.79 Å². The van der Waals surface area contributed by atoms with Crippen LogP contribution in [-0.2, 0) is 12.8 Å². The Labute approximate surface area is 215 Å². The Morgan fingerprint density at radius 2 is 2.08 bits per heavy atom. The number of likely N-dealkylation sites (tertiary alicyclic amines) is 1. The third-order valence-corrected chi connectivity index (χ3v) is 9.08. The largest absolute Gasteiger partial charge is 0.391 e. The minimum Gasteiger partial charge on any atom is -0.391 e. The van der Waals surface area contributed by atoms with E-state index in [-0.39, 0.29) is 17.9 Å². The molecule has 0 radical (unpaired) electrons. The van der Waals surface area contributed by atoms with Crippen molar-refractivity contribution in [2.45, 2.75) is 64.0 Å². The molecule has 9 heteroatoms. The Kier molecular flexibility index (Phi) is 6.29. The lowest BCUT2D eigenvalue weighted by atomic mass is 9.93. The molecule has 0 spiro atoms. The summed E-state index contributed by atoms with van der Waals surface area (Å²) in [5, 5.41) is 17.4. The van der Waals surface area contributed by atoms with E-state index in [0.717, 1.165) is 66.9 Å². The third-order valence-electron chi connectivity index (χ3n) is 7.99. The van der Waals surface area contributed by atoms with Crippen LogP contribution in [0.3, 0.4) is 0 Å². The van der Waals surface area contributed by atoms with Crippen LogP contribution in [0, 0.1) is 12.8 Å². The summed E-state index contributed by atoms with van der Waals surface area (Å²) in [7, 11) is 1.74. The number of aliphatic imine (C=N–C) groups is 1. The molecule has 1 N–H and O–H groups in total. The number of hydrogen-bond donors (Lipinski definition) is 1. The zero-order valence-electron chi connectivity index (χ0n) is 21.1. The minimum atomic E-state index is -0.448. The molecule has 8 nitrogen and oxygen atoms in total. The smallest absolute Gasteiger partial charge is 0.255 e. The minimum absolute atomic E-state index is 0.0116. The van der Waals surface area contributed by atoms with Crippen molar-refractivity contribution in [3.8, 4) is 0 Å². The molecule has 3 aliphatic rings. The van der Waals surface area contributed by atoms with Crippen molar-refractivity contribution in [1.29, 1.82) is 0 Å². The molecule has 3 aromatic heterocycles. The summed E-state index contributed by atoms with van der Waals surface area (Å²) in [6.07, 6.45) is 11.0. The molecule has 190 valence electrons. The van der Waals surface area contributed by atoms with E-state index in [4.69, 9.17) is 10.1 Å². The van der Waals surface area contributed by atoms with Crippen molar-refractivity contribution < 1.29 is 9.90 Å². The summed E-state index contributed by atoms with van der Waals surface area (Å²) < 4.78 is 1.84. The van der Waals surface area contributed by atoms with Gasteiger partial charge in [-0.15, -0.1) is 11.3 Å². The molecule has 0 aromatic carbocycles. The first-order valence-electron chi connectivity index (χ1n) is 13.2. The van der Waals surface area contributed by atoms with Gasteiger partial charge in [-0.1, -0.05) is 0 Å². The monoisotopic (exact) mass is 506 g/mol. The Morgan fingerprint density at radius 3 is 2.94 bits per heavy atom. The Morgan fingerprint density at radius 1 is 1.22 bits per heavy atom. The fourth-order valence-electron chi connectivity index (χ4n) is 6.14. The Balaban J connectivity index is 1.29. The van der Waals surface area contributed by atoms with E-state index in [0.29, 0.717) is 13.1 Å². The van der Waals surface area contributed by atoms with Gasteiger partial charge in [0.25, 0.3) is 5.91 Å². The molecule has 2 aliphatic heterocycles. The van der Waals surface area contributed by atoms with Gasteiger partial charge in [0.15, 0.2) is 5.65 Å². The molecule has 5 heterocycles. The van der Waals surface area contributed by atoms with E-state index in [9.17, 15) is 9.90 Å². The van der Waals surface area contributed by atoms with E-state index in [2.05, 4.69) is 20.2 Å². The lowest BCUT2D eigenvalue weighted by Gasteiger charge is -2.35. The second-order valence-electron chi connectivity index (χ2n) is 10.4. The van der Waals surface area contributed by atoms with Crippen LogP contribution in [0.2, 0.25) is 0 Å². The van der Waals surface area contributed by atoms with Gasteiger partial charge in [-0.25, -0.2) is 9.50 Å². The number of thiophene rings is 1. The molecule has 2 saturated heterocycles. The van der Waals surface area contributed by atoms with Crippen molar-refractivity contribution in [2.24, 2.45) is 10.9 Å². The number of fused-ring (bicyclic) bond motifs is 2. The number of aryl methyl sites for hydroxylation is 2. The van der Waals surface area contributed by atoms with Gasteiger partial charge in [0.05, 0.1) is 23.4 Å². The molecular formula is C27H34N6O2S. The Bertz CT molecular complexity index is 1310. The number of aliphatic hydroxyl groups is 1. The van der Waals surface area contributed by atoms with Crippen LogP contribution >= 0.6 is 11.3 Å². The van der Waals surface area contributed by atoms with Gasteiger partial charge in [0.2, 0.25) is 0 Å². The number of β-amino-alcohol motifs (C(OH)–C–C–N with tert-alkyl or cyclic N) is 1. The quantitative estimate of drug-likeness (QED) is 0.544. The van der Waals surface area contributed by atoms with E-state index in [1.807, 2.05) is 29.9 Å². The molecular weight excluding hydrogens is 472 g/mol. The van der Waals surface area contributed by atoms with E-state index < -0.39 is 6.10 Å². The number of aliphatic hydroxyl groups excluding tert-OH is 1. The lowest BCUT2D eigenvalue weighted by molar-refractivity contribution is 0.0605. The van der Waals surface area contributed by atoms with Crippen LogP contribution in [0.25, 0.3) is 5.65 Å². The molecule has 36 heavy (non-hydrogen) atoms. The van der Waals surface area contributed by atoms with E-state index in [1.165, 1.54) is 23.3 Å². The summed E-state index contributed by atoms with van der Waals surface area (Å²) in [5.74, 6) is 1.05. The molecule has 0 bridgehead atoms. The average Bonchev–Trinajstić information content (AvgIpc) is 3.60. The first-order valence-corrected chi connectivity index (χ1v) is 14.0. The van der Waals surface area contributed by atoms with Crippen molar-refractivity contribution >= 4 is 34.9 Å². The van der Waals surface area contributed by atoms with Gasteiger partial charge in [0.1, 0.15) is 5.82 Å². The maximum atomic E-state index is 13.8. The summed E-state index contributed by atoms with van der Waals surface area (Å²) in [5.41, 5.74) is 4.91. The van der Waals surface area contributed by atoms with Crippen LogP contribution in [0.4, 0.5) is 5.82 Å². The normalized spacial score (nSPS) is 24.7. The van der Waals surface area contributed by atoms with Crippen LogP contribution < -0.4 is 4.90 Å². The number of nitrogens with zero attached hydrogens (tertiary/aromatic N) is 6. The summed E-state index contributed by atoms with van der Waals surface area (Å²) in [6, 6.07) is 2.01. The molecule has 1 aliphatic carbocycles. The highest BCUT2D eigenvalue weighted by Crippen LogP contribution is 2.36. The summed E-state index contributed by atoms with van der Waals surface area (Å²) in [4.78, 5) is 28.4. The predicted octanol–water partition coefficient (Wildman–Crippen LogP) is 3.84. The number of anilines is 1. The van der Waals surface area contributed by atoms with Gasteiger partial charge in [0, 0.05) is 66.9 Å². The fourth-order valence-corrected chi connectivity index (χ4v) is 7.25. The van der Waals surface area contributed by atoms with E-state index in [1.54, 1.807) is 18.4 Å². The first-order chi connectivity index (χ1) is 17.5. The average molecular weight is 507 g/mol. The highest BCUT2D eigenvalue weighted by atomic mass is 32.1. The van der Waals surface area contributed by atoms with Crippen molar-refractivity contribution in [1.82, 2.24) is 19.5 Å². The predicted molar refractivity (Wildman–Crippen MR) is 142 cm³/mol. The van der Waals surface area contributed by atoms with Crippen LogP contribution in [-0.4, -0.2) is 69.5 Å². The van der Waals surface area contributed by atoms with Crippen LogP contribution in [0.1, 0.15) is 70.2 Å². The number of hydrogen-bond acceptors (Lipinski definition) is 7. The first kappa shape index (κ1) is 23.6. The maximum Gasteiger partial charge on any atom is 0.255 e. The standard InChI is InChI=1S/C27H34N6O2S/c1-17-13-33-25(29-26(17)31-14-18(12-28-2)23(34)15-31)11-21(30-33)22-8-5-6-10-32(22)27(35)20-16-36-24-9-4-3-7-19(20)24/h11-13,16,18,22-23,34H,3-10,14-15H2,1-2H3. The molecule has 6 rings (SSSR count). The second-order valence-corrected chi connectivity index (χ2v) is 11.4. The molecule has 3 aromatic rings. The van der Waals surface area contributed by atoms with Crippen molar-refractivity contribution in [3.05, 3.63) is 44.9 Å². The topological polar surface area (TPSA) is 86.3 Å². The maximum absolute atomic E-state index is 13.8. The SMILES string of the molecule is CN=CC1CN(c2nc3cc(C4CCCCN4C(=O)c4csc5c4CCCC5)nn3cc2C)CC1O. The van der Waals surface area contributed by atoms with Gasteiger partial charge >= 0.3 is 0 Å². The number of piperidine rings is 1. The number of amides is 1. The Hall–Kier alpha value is -2.78. The highest BCUT2D eigenvalue weighted by molar-refractivity contribution is 7.10. The van der Waals surface area contributed by atoms with Gasteiger partial charge in [-0.05, 0) is 57.4 Å². The van der Waals surface area contributed by atoms with Gasteiger partial charge < -0.3 is 19.9 Å². The molecule has 1 amide bonds. The number of carbonyl (C=O) groups is 1. The number of rotatable bonds is 4. The van der Waals surface area contributed by atoms with Crippen LogP contribution in [0.15, 0.2) is 22.6 Å². The molecule has 0 saturated carbocycles. The zero-order valence-corrected chi connectivity index (χ0v) is 21.9. The molecule has 3 atom stereocenters.